The van der Waals surface area contributed by atoms with Crippen LogP contribution in [0.2, 0.25) is 5.02 Å². The molecule has 0 saturated carbocycles. The lowest BCUT2D eigenvalue weighted by Crippen LogP contribution is -2.36. The van der Waals surface area contributed by atoms with Gasteiger partial charge in [0.25, 0.3) is 15.1 Å². The van der Waals surface area contributed by atoms with E-state index in [-0.39, 0.29) is 17.9 Å². The minimum absolute atomic E-state index is 0.110. The predicted molar refractivity (Wildman–Crippen MR) is 141 cm³/mol. The summed E-state index contributed by atoms with van der Waals surface area (Å²) < 4.78 is 62.8. The third-order valence-electron chi connectivity index (χ3n) is 5.16. The molecule has 184 valence electrons. The molecule has 0 atom stereocenters. The Hall–Kier alpha value is -1.35. The minimum Gasteiger partial charge on any atom is -0.335 e. The molecule has 2 aromatic carbocycles. The Kier molecular flexibility index (Phi) is 7.82. The maximum Gasteiger partial charge on any atom is 0.265 e. The summed E-state index contributed by atoms with van der Waals surface area (Å²) in [7, 11) is -7.62. The van der Waals surface area contributed by atoms with Gasteiger partial charge in [-0.1, -0.05) is 46.8 Å². The topological polar surface area (TPSA) is 122 Å². The lowest BCUT2D eigenvalue weighted by molar-refractivity contribution is -0.668. The van der Waals surface area contributed by atoms with Crippen LogP contribution in [-0.4, -0.2) is 44.7 Å². The van der Waals surface area contributed by atoms with E-state index in [0.717, 1.165) is 30.8 Å². The van der Waals surface area contributed by atoms with Gasteiger partial charge in [0.1, 0.15) is 4.70 Å². The molecule has 1 aliphatic rings. The average molecular weight is 564 g/mol. The number of hydrogen-bond acceptors (Lipinski definition) is 8. The number of benzene rings is 2. The molecule has 0 spiro atoms. The molecule has 2 heterocycles. The van der Waals surface area contributed by atoms with Gasteiger partial charge in [0.2, 0.25) is 5.52 Å². The first kappa shape index (κ1) is 25.7. The number of nitrogens with zero attached hydrogens (tertiary/aromatic N) is 2. The van der Waals surface area contributed by atoms with Crippen molar-refractivity contribution < 1.29 is 31.2 Å². The second kappa shape index (κ2) is 10.3. The lowest BCUT2D eigenvalue weighted by atomic mass is 10.2. The molecule has 0 unspecified atom stereocenters. The summed E-state index contributed by atoms with van der Waals surface area (Å²) in [4.78, 5) is 2.99. The van der Waals surface area contributed by atoms with Gasteiger partial charge in [-0.05, 0) is 30.7 Å². The van der Waals surface area contributed by atoms with E-state index in [1.165, 1.54) is 0 Å². The molecule has 0 radical (unpaired) electrons. The second-order valence-electron chi connectivity index (χ2n) is 7.74. The highest BCUT2D eigenvalue weighted by molar-refractivity contribution is 8.19. The number of hydrogen-bond donors (Lipinski definition) is 4. The van der Waals surface area contributed by atoms with Gasteiger partial charge in [0.15, 0.2) is 6.54 Å². The van der Waals surface area contributed by atoms with E-state index in [1.54, 1.807) is 29.2 Å². The monoisotopic (exact) mass is 563 g/mol. The van der Waals surface area contributed by atoms with Crippen LogP contribution in [0.15, 0.2) is 52.4 Å². The molecular weight excluding hydrogens is 540 g/mol. The van der Waals surface area contributed by atoms with E-state index in [9.17, 15) is 22.1 Å². The summed E-state index contributed by atoms with van der Waals surface area (Å²) in [5.41, 5.74) is 1.87. The molecule has 34 heavy (non-hydrogen) atoms. The summed E-state index contributed by atoms with van der Waals surface area (Å²) in [5.74, 6) is -0.450. The van der Waals surface area contributed by atoms with Crippen LogP contribution in [0, 0.1) is 0 Å². The van der Waals surface area contributed by atoms with Crippen LogP contribution in [0.1, 0.15) is 17.8 Å². The first-order chi connectivity index (χ1) is 16.0. The van der Waals surface area contributed by atoms with Gasteiger partial charge in [-0.2, -0.15) is 13.0 Å². The molecule has 0 amide bonds. The number of thioether (sulfide) groups is 1. The van der Waals surface area contributed by atoms with Crippen molar-refractivity contribution in [2.45, 2.75) is 24.3 Å². The van der Waals surface area contributed by atoms with Gasteiger partial charge >= 0.3 is 0 Å². The van der Waals surface area contributed by atoms with Crippen LogP contribution in [-0.2, 0) is 16.7 Å². The Morgan fingerprint density at radius 3 is 2.53 bits per heavy atom. The molecule has 8 nitrogen and oxygen atoms in total. The van der Waals surface area contributed by atoms with Crippen LogP contribution >= 0.6 is 45.6 Å². The standard InChI is InChI=1S/C21H23ClN2O6S4/c22-15-7-8-19-17(13-15)24(10-4-12-34(28,29)30)21(32-19)14-20-23(9-3-11-33(25,26)27)16-5-1-2-6-18(16)31-20/h1-2,5-8,13-14H,3-4,9-12H2,(H3-,25,26,27,28,29,30)/p+1. The molecular formula is C21H24ClN2O6S4+. The summed E-state index contributed by atoms with van der Waals surface area (Å²) >= 11 is 9.35. The van der Waals surface area contributed by atoms with Crippen LogP contribution in [0.25, 0.3) is 16.3 Å². The molecule has 13 heteroatoms. The van der Waals surface area contributed by atoms with Crippen molar-refractivity contribution in [1.29, 1.82) is 0 Å². The molecule has 1 aliphatic heterocycles. The van der Waals surface area contributed by atoms with E-state index in [4.69, 9.17) is 16.2 Å². The zero-order chi connectivity index (χ0) is 24.5. The highest BCUT2D eigenvalue weighted by Crippen LogP contribution is 2.48. The van der Waals surface area contributed by atoms with Crippen molar-refractivity contribution in [2.24, 2.45) is 0 Å². The zero-order valence-corrected chi connectivity index (χ0v) is 21.9. The van der Waals surface area contributed by atoms with Gasteiger partial charge in [0, 0.05) is 29.0 Å². The first-order valence-corrected chi connectivity index (χ1v) is 15.6. The van der Waals surface area contributed by atoms with Crippen molar-refractivity contribution in [3.8, 4) is 0 Å². The molecule has 4 N–H and O–H groups in total. The van der Waals surface area contributed by atoms with Crippen molar-refractivity contribution in [2.75, 3.05) is 23.0 Å². The third kappa shape index (κ3) is 6.45. The maximum atomic E-state index is 11.2. The zero-order valence-electron chi connectivity index (χ0n) is 17.9. The quantitative estimate of drug-likeness (QED) is 0.195. The summed E-state index contributed by atoms with van der Waals surface area (Å²) in [6.07, 6.45) is 2.64. The maximum absolute atomic E-state index is 11.2. The fraction of sp³-hybridized carbons (Fsp3) is 0.286. The Bertz CT molecular complexity index is 1340. The van der Waals surface area contributed by atoms with Crippen molar-refractivity contribution in [3.05, 3.63) is 57.5 Å². The van der Waals surface area contributed by atoms with E-state index in [2.05, 4.69) is 4.57 Å². The highest BCUT2D eigenvalue weighted by Gasteiger charge is 2.28. The number of thiazole rings is 1. The highest BCUT2D eigenvalue weighted by atomic mass is 35.5. The SMILES string of the molecule is O=S(=O)(O)CCCN1C(=Cc2sc3ccccc3[n+]2CCCS(O)(O)O)Sc2ccc(Cl)cc21. The average Bonchev–Trinajstić information content (AvgIpc) is 3.24. The number of halogens is 1. The molecule has 1 aromatic heterocycles. The Labute approximate surface area is 212 Å². The van der Waals surface area contributed by atoms with Crippen molar-refractivity contribution >= 4 is 77.7 Å². The number of aromatic nitrogens is 1. The molecule has 0 fully saturated rings. The largest absolute Gasteiger partial charge is 0.335 e. The third-order valence-corrected chi connectivity index (χ3v) is 9.26. The molecule has 0 saturated heterocycles. The molecule has 4 rings (SSSR count). The van der Waals surface area contributed by atoms with E-state index < -0.39 is 21.0 Å². The van der Waals surface area contributed by atoms with Gasteiger partial charge in [-0.3, -0.25) is 4.55 Å². The summed E-state index contributed by atoms with van der Waals surface area (Å²) in [5, 5.41) is 2.39. The fourth-order valence-electron chi connectivity index (χ4n) is 3.73. The fourth-order valence-corrected chi connectivity index (χ4v) is 7.21. The summed E-state index contributed by atoms with van der Waals surface area (Å²) in [6, 6.07) is 13.5. The Morgan fingerprint density at radius 1 is 1.03 bits per heavy atom. The van der Waals surface area contributed by atoms with Crippen molar-refractivity contribution in [3.63, 3.8) is 0 Å². The number of fused-ring (bicyclic) bond motifs is 2. The van der Waals surface area contributed by atoms with Crippen LogP contribution in [0.5, 0.6) is 0 Å². The van der Waals surface area contributed by atoms with Gasteiger partial charge in [0.05, 0.1) is 39.2 Å². The molecule has 0 aliphatic carbocycles. The minimum atomic E-state index is -4.06. The van der Waals surface area contributed by atoms with Crippen LogP contribution < -0.4 is 9.47 Å². The lowest BCUT2D eigenvalue weighted by Gasteiger charge is -2.20. The number of rotatable bonds is 9. The number of aryl methyl sites for hydroxylation is 1. The molecule has 3 aromatic rings. The van der Waals surface area contributed by atoms with E-state index in [1.807, 2.05) is 47.4 Å². The van der Waals surface area contributed by atoms with Crippen molar-refractivity contribution in [1.82, 2.24) is 0 Å². The second-order valence-corrected chi connectivity index (χ2v) is 13.5. The van der Waals surface area contributed by atoms with Crippen LogP contribution in [0.4, 0.5) is 5.69 Å². The normalized spacial score (nSPS) is 15.9. The van der Waals surface area contributed by atoms with Crippen LogP contribution in [0.3, 0.4) is 0 Å². The van der Waals surface area contributed by atoms with Gasteiger partial charge < -0.3 is 18.6 Å². The smallest absolute Gasteiger partial charge is 0.265 e. The van der Waals surface area contributed by atoms with Gasteiger partial charge in [-0.25, -0.2) is 0 Å². The Morgan fingerprint density at radius 2 is 1.79 bits per heavy atom. The number of para-hydroxylation sites is 1. The predicted octanol–water partition coefficient (Wildman–Crippen LogP) is 5.64. The molecule has 0 bridgehead atoms. The number of anilines is 1. The van der Waals surface area contributed by atoms with Gasteiger partial charge in [-0.15, -0.1) is 0 Å². The summed E-state index contributed by atoms with van der Waals surface area (Å²) in [6.45, 7) is 0.855. The van der Waals surface area contributed by atoms with E-state index in [0.29, 0.717) is 24.5 Å². The Balaban J connectivity index is 1.69. The van der Waals surface area contributed by atoms with E-state index >= 15 is 0 Å². The first-order valence-electron chi connectivity index (χ1n) is 10.3.